The molecule has 2 fully saturated rings. The van der Waals surface area contributed by atoms with E-state index in [-0.39, 0.29) is 16.7 Å². The lowest BCUT2D eigenvalue weighted by atomic mass is 9.70. The Morgan fingerprint density at radius 1 is 1.39 bits per heavy atom. The predicted molar refractivity (Wildman–Crippen MR) is 67.8 cm³/mol. The van der Waals surface area contributed by atoms with E-state index in [4.69, 9.17) is 4.42 Å². The SMILES string of the molecule is CC1(C)[C@@H]2CC[C@@]1(C)[C@H](O)[C@@H]2[C@@H](O)c1ccco1. The van der Waals surface area contributed by atoms with Crippen LogP contribution in [0.2, 0.25) is 0 Å². The van der Waals surface area contributed by atoms with Gasteiger partial charge in [0.05, 0.1) is 12.4 Å². The van der Waals surface area contributed by atoms with Gasteiger partial charge in [-0.05, 0) is 41.7 Å². The van der Waals surface area contributed by atoms with Crippen molar-refractivity contribution in [1.82, 2.24) is 0 Å². The zero-order valence-electron chi connectivity index (χ0n) is 11.3. The first-order valence-electron chi connectivity index (χ1n) is 6.79. The van der Waals surface area contributed by atoms with Crippen molar-refractivity contribution in [2.24, 2.45) is 22.7 Å². The van der Waals surface area contributed by atoms with Crippen LogP contribution in [-0.2, 0) is 0 Å². The minimum absolute atomic E-state index is 0.0741. The third-order valence-corrected chi connectivity index (χ3v) is 6.05. The fraction of sp³-hybridized carbons (Fsp3) is 0.733. The highest BCUT2D eigenvalue weighted by Gasteiger charge is 2.67. The van der Waals surface area contributed by atoms with Crippen LogP contribution < -0.4 is 0 Å². The van der Waals surface area contributed by atoms with Crippen molar-refractivity contribution in [3.8, 4) is 0 Å². The summed E-state index contributed by atoms with van der Waals surface area (Å²) in [6.07, 6.45) is 2.56. The molecule has 2 aliphatic carbocycles. The monoisotopic (exact) mass is 250 g/mol. The van der Waals surface area contributed by atoms with Crippen molar-refractivity contribution >= 4 is 0 Å². The van der Waals surface area contributed by atoms with Gasteiger partial charge in [0, 0.05) is 5.92 Å². The molecule has 3 rings (SSSR count). The Kier molecular flexibility index (Phi) is 2.46. The number of aliphatic hydroxyl groups excluding tert-OH is 2. The lowest BCUT2D eigenvalue weighted by Crippen LogP contribution is -2.39. The van der Waals surface area contributed by atoms with Gasteiger partial charge >= 0.3 is 0 Å². The second-order valence-corrected chi connectivity index (χ2v) is 6.77. The van der Waals surface area contributed by atoms with Gasteiger partial charge in [-0.1, -0.05) is 20.8 Å². The summed E-state index contributed by atoms with van der Waals surface area (Å²) < 4.78 is 5.30. The summed E-state index contributed by atoms with van der Waals surface area (Å²) >= 11 is 0. The number of furan rings is 1. The molecule has 0 saturated heterocycles. The van der Waals surface area contributed by atoms with E-state index in [1.807, 2.05) is 0 Å². The van der Waals surface area contributed by atoms with Crippen LogP contribution in [-0.4, -0.2) is 16.3 Å². The number of hydrogen-bond acceptors (Lipinski definition) is 3. The van der Waals surface area contributed by atoms with E-state index in [2.05, 4.69) is 20.8 Å². The van der Waals surface area contributed by atoms with Crippen molar-refractivity contribution in [3.05, 3.63) is 24.2 Å². The Morgan fingerprint density at radius 3 is 2.61 bits per heavy atom. The average molecular weight is 250 g/mol. The molecule has 1 aromatic rings. The first-order chi connectivity index (χ1) is 8.39. The molecule has 2 bridgehead atoms. The van der Waals surface area contributed by atoms with Crippen LogP contribution >= 0.6 is 0 Å². The first kappa shape index (κ1) is 12.2. The lowest BCUT2D eigenvalue weighted by molar-refractivity contribution is -0.0569. The molecule has 0 radical (unpaired) electrons. The molecular formula is C15H22O3. The van der Waals surface area contributed by atoms with Crippen molar-refractivity contribution in [2.45, 2.75) is 45.8 Å². The van der Waals surface area contributed by atoms with Gasteiger partial charge in [0.15, 0.2) is 0 Å². The topological polar surface area (TPSA) is 53.6 Å². The maximum Gasteiger partial charge on any atom is 0.132 e. The van der Waals surface area contributed by atoms with Gasteiger partial charge in [-0.3, -0.25) is 0 Å². The van der Waals surface area contributed by atoms with E-state index < -0.39 is 12.2 Å². The van der Waals surface area contributed by atoms with E-state index in [1.165, 1.54) is 0 Å². The standard InChI is InChI=1S/C15H22O3/c1-14(2)9-6-7-15(14,3)13(17)11(9)12(16)10-5-4-8-18-10/h4-5,8-9,11-13,16-17H,6-7H2,1-3H3/t9-,11+,12+,13-,15+/m1/s1. The molecule has 2 aliphatic rings. The van der Waals surface area contributed by atoms with Gasteiger partial charge in [-0.25, -0.2) is 0 Å². The van der Waals surface area contributed by atoms with Crippen LogP contribution in [0.5, 0.6) is 0 Å². The zero-order valence-corrected chi connectivity index (χ0v) is 11.3. The summed E-state index contributed by atoms with van der Waals surface area (Å²) in [5.74, 6) is 0.827. The maximum atomic E-state index is 10.6. The molecule has 5 atom stereocenters. The van der Waals surface area contributed by atoms with Crippen molar-refractivity contribution < 1.29 is 14.6 Å². The average Bonchev–Trinajstić information content (AvgIpc) is 2.94. The van der Waals surface area contributed by atoms with E-state index in [1.54, 1.807) is 18.4 Å². The minimum Gasteiger partial charge on any atom is -0.467 e. The van der Waals surface area contributed by atoms with E-state index in [9.17, 15) is 10.2 Å². The minimum atomic E-state index is -0.693. The van der Waals surface area contributed by atoms with Crippen molar-refractivity contribution in [3.63, 3.8) is 0 Å². The lowest BCUT2D eigenvalue weighted by Gasteiger charge is -2.37. The van der Waals surface area contributed by atoms with Gasteiger partial charge in [0.25, 0.3) is 0 Å². The molecular weight excluding hydrogens is 228 g/mol. The van der Waals surface area contributed by atoms with E-state index in [0.29, 0.717) is 11.7 Å². The number of fused-ring (bicyclic) bond motifs is 2. The molecule has 100 valence electrons. The van der Waals surface area contributed by atoms with Crippen LogP contribution in [0.15, 0.2) is 22.8 Å². The zero-order chi connectivity index (χ0) is 13.1. The molecule has 2 N–H and O–H groups in total. The summed E-state index contributed by atoms with van der Waals surface area (Å²) in [4.78, 5) is 0. The molecule has 1 aromatic heterocycles. The van der Waals surface area contributed by atoms with Gasteiger partial charge in [0.2, 0.25) is 0 Å². The molecule has 2 saturated carbocycles. The summed E-state index contributed by atoms with van der Waals surface area (Å²) in [5.41, 5.74) is -0.0133. The van der Waals surface area contributed by atoms with E-state index in [0.717, 1.165) is 12.8 Å². The maximum absolute atomic E-state index is 10.6. The predicted octanol–water partition coefficient (Wildman–Crippen LogP) is 2.75. The van der Waals surface area contributed by atoms with Crippen LogP contribution in [0.1, 0.15) is 45.5 Å². The van der Waals surface area contributed by atoms with Gasteiger partial charge in [-0.15, -0.1) is 0 Å². The molecule has 0 aromatic carbocycles. The molecule has 0 amide bonds. The largest absolute Gasteiger partial charge is 0.467 e. The number of aliphatic hydroxyl groups is 2. The Balaban J connectivity index is 1.96. The van der Waals surface area contributed by atoms with Crippen LogP contribution in [0.4, 0.5) is 0 Å². The summed E-state index contributed by atoms with van der Waals surface area (Å²) in [6, 6.07) is 3.57. The fourth-order valence-corrected chi connectivity index (χ4v) is 4.45. The Hall–Kier alpha value is -0.800. The Labute approximate surface area is 108 Å². The van der Waals surface area contributed by atoms with Gasteiger partial charge < -0.3 is 14.6 Å². The van der Waals surface area contributed by atoms with E-state index >= 15 is 0 Å². The molecule has 0 spiro atoms. The third-order valence-electron chi connectivity index (χ3n) is 6.05. The van der Waals surface area contributed by atoms with Crippen LogP contribution in [0.3, 0.4) is 0 Å². The smallest absolute Gasteiger partial charge is 0.132 e. The summed E-state index contributed by atoms with van der Waals surface area (Å²) in [5, 5.41) is 21.1. The molecule has 3 nitrogen and oxygen atoms in total. The Morgan fingerprint density at radius 2 is 2.11 bits per heavy atom. The molecule has 0 unspecified atom stereocenters. The normalized spacial score (nSPS) is 43.3. The first-order valence-corrected chi connectivity index (χ1v) is 6.79. The second kappa shape index (κ2) is 3.61. The fourth-order valence-electron chi connectivity index (χ4n) is 4.45. The van der Waals surface area contributed by atoms with Crippen molar-refractivity contribution in [1.29, 1.82) is 0 Å². The summed E-state index contributed by atoms with van der Waals surface area (Å²) in [7, 11) is 0. The highest BCUT2D eigenvalue weighted by atomic mass is 16.4. The third kappa shape index (κ3) is 1.27. The summed E-state index contributed by atoms with van der Waals surface area (Å²) in [6.45, 7) is 6.61. The van der Waals surface area contributed by atoms with Gasteiger partial charge in [0.1, 0.15) is 11.9 Å². The van der Waals surface area contributed by atoms with Crippen LogP contribution in [0.25, 0.3) is 0 Å². The number of hydrogen-bond donors (Lipinski definition) is 2. The number of rotatable bonds is 2. The molecule has 3 heteroatoms. The van der Waals surface area contributed by atoms with Crippen molar-refractivity contribution in [2.75, 3.05) is 0 Å². The molecule has 0 aliphatic heterocycles. The van der Waals surface area contributed by atoms with Crippen LogP contribution in [0, 0.1) is 22.7 Å². The molecule has 1 heterocycles. The second-order valence-electron chi connectivity index (χ2n) is 6.77. The van der Waals surface area contributed by atoms with Gasteiger partial charge in [-0.2, -0.15) is 0 Å². The quantitative estimate of drug-likeness (QED) is 0.848. The highest BCUT2D eigenvalue weighted by molar-refractivity contribution is 5.18. The highest BCUT2D eigenvalue weighted by Crippen LogP contribution is 2.69. The molecule has 18 heavy (non-hydrogen) atoms. The Bertz CT molecular complexity index is 437.